The highest BCUT2D eigenvalue weighted by Crippen LogP contribution is 2.32. The number of nitrogens with two attached hydrogens (primary N) is 1. The minimum Gasteiger partial charge on any atom is -0.506 e. The second-order valence-electron chi connectivity index (χ2n) is 7.70. The smallest absolute Gasteiger partial charge is 0.261 e. The molecule has 4 aromatic rings. The molecule has 5 N–H and O–H groups in total. The number of fused-ring (bicyclic) bond motifs is 1. The van der Waals surface area contributed by atoms with E-state index in [-0.39, 0.29) is 40.6 Å². The summed E-state index contributed by atoms with van der Waals surface area (Å²) in [6.45, 7) is 0. The molecule has 0 saturated heterocycles. The third-order valence-electron chi connectivity index (χ3n) is 5.04. The number of carbonyl (C=O) groups excluding carboxylic acids is 2. The molecule has 0 atom stereocenters. The first-order chi connectivity index (χ1) is 15.9. The molecule has 1 aliphatic carbocycles. The van der Waals surface area contributed by atoms with Crippen LogP contribution in [0, 0.1) is 5.92 Å². The third kappa shape index (κ3) is 4.26. The van der Waals surface area contributed by atoms with Crippen LogP contribution in [0.2, 0.25) is 0 Å². The lowest BCUT2D eigenvalue weighted by Crippen LogP contribution is -2.14. The molecule has 0 spiro atoms. The van der Waals surface area contributed by atoms with Gasteiger partial charge in [0.1, 0.15) is 22.8 Å². The largest absolute Gasteiger partial charge is 0.506 e. The Kier molecular flexibility index (Phi) is 4.81. The van der Waals surface area contributed by atoms with Crippen molar-refractivity contribution in [3.8, 4) is 17.2 Å². The highest BCUT2D eigenvalue weighted by molar-refractivity contribution is 6.07. The molecular weight excluding hydrogens is 428 g/mol. The van der Waals surface area contributed by atoms with Gasteiger partial charge in [-0.05, 0) is 37.1 Å². The molecule has 0 radical (unpaired) electrons. The number of carbonyl (C=O) groups is 2. The lowest BCUT2D eigenvalue weighted by atomic mass is 10.2. The Morgan fingerprint density at radius 1 is 1.12 bits per heavy atom. The zero-order chi connectivity index (χ0) is 23.1. The Balaban J connectivity index is 1.32. The Hall–Kier alpha value is -4.61. The highest BCUT2D eigenvalue weighted by atomic mass is 16.5. The number of aromatic nitrogens is 5. The summed E-state index contributed by atoms with van der Waals surface area (Å²) < 4.78 is 8.77. The van der Waals surface area contributed by atoms with E-state index in [1.54, 1.807) is 31.4 Å². The van der Waals surface area contributed by atoms with Crippen LogP contribution in [0.4, 0.5) is 17.5 Å². The number of aryl methyl sites for hydroxylation is 1. The number of nitrogen functional groups attached to an aromatic ring is 1. The van der Waals surface area contributed by atoms with Gasteiger partial charge in [-0.2, -0.15) is 10.1 Å². The number of aromatic hydroxyl groups is 1. The van der Waals surface area contributed by atoms with Gasteiger partial charge in [-0.15, -0.1) is 5.10 Å². The first-order valence-corrected chi connectivity index (χ1v) is 10.1. The van der Waals surface area contributed by atoms with Gasteiger partial charge in [0.05, 0.1) is 11.9 Å². The van der Waals surface area contributed by atoms with Crippen LogP contribution in [0.3, 0.4) is 0 Å². The van der Waals surface area contributed by atoms with Crippen LogP contribution < -0.4 is 21.1 Å². The monoisotopic (exact) mass is 448 g/mol. The van der Waals surface area contributed by atoms with Gasteiger partial charge in [0.2, 0.25) is 11.9 Å². The van der Waals surface area contributed by atoms with E-state index >= 15 is 0 Å². The number of nitrogens with zero attached hydrogens (tertiary/aromatic N) is 5. The number of phenols is 1. The minimum absolute atomic E-state index is 0.0503. The SMILES string of the molecule is Cn1cc(C(=O)Nc2cc(Oc3ccc4nc(NC(=O)C5CC5)nn4c3)ccc2O)c(N)n1. The van der Waals surface area contributed by atoms with Crippen molar-refractivity contribution in [2.24, 2.45) is 13.0 Å². The normalized spacial score (nSPS) is 13.1. The number of phenolic OH excluding ortho intramolecular Hbond substituents is 1. The number of hydrogen-bond acceptors (Lipinski definition) is 8. The van der Waals surface area contributed by atoms with Gasteiger partial charge in [0.15, 0.2) is 11.5 Å². The molecule has 12 heteroatoms. The number of rotatable bonds is 6. The summed E-state index contributed by atoms with van der Waals surface area (Å²) in [5.41, 5.74) is 6.61. The molecular formula is C21H20N8O4. The molecule has 168 valence electrons. The summed E-state index contributed by atoms with van der Waals surface area (Å²) in [7, 11) is 1.65. The Bertz CT molecular complexity index is 1390. The van der Waals surface area contributed by atoms with E-state index in [2.05, 4.69) is 25.8 Å². The Morgan fingerprint density at radius 2 is 1.91 bits per heavy atom. The van der Waals surface area contributed by atoms with Gasteiger partial charge in [0, 0.05) is 25.2 Å². The fourth-order valence-corrected chi connectivity index (χ4v) is 3.22. The van der Waals surface area contributed by atoms with Crippen LogP contribution in [0.15, 0.2) is 42.7 Å². The third-order valence-corrected chi connectivity index (χ3v) is 5.04. The summed E-state index contributed by atoms with van der Waals surface area (Å²) in [6.07, 6.45) is 4.87. The van der Waals surface area contributed by atoms with Crippen LogP contribution in [-0.2, 0) is 11.8 Å². The molecule has 1 aromatic carbocycles. The van der Waals surface area contributed by atoms with Crippen molar-refractivity contribution in [3.05, 3.63) is 48.3 Å². The fraction of sp³-hybridized carbons (Fsp3) is 0.190. The number of pyridine rings is 1. The molecule has 33 heavy (non-hydrogen) atoms. The van der Waals surface area contributed by atoms with Crippen LogP contribution in [-0.4, -0.2) is 41.3 Å². The second-order valence-corrected chi connectivity index (χ2v) is 7.70. The predicted molar refractivity (Wildman–Crippen MR) is 118 cm³/mol. The van der Waals surface area contributed by atoms with E-state index in [1.807, 2.05) is 0 Å². The van der Waals surface area contributed by atoms with Crippen LogP contribution in [0.5, 0.6) is 17.2 Å². The molecule has 3 aromatic heterocycles. The zero-order valence-corrected chi connectivity index (χ0v) is 17.5. The van der Waals surface area contributed by atoms with Crippen molar-refractivity contribution in [2.75, 3.05) is 16.4 Å². The van der Waals surface area contributed by atoms with Gasteiger partial charge in [-0.3, -0.25) is 19.6 Å². The fourth-order valence-electron chi connectivity index (χ4n) is 3.22. The van der Waals surface area contributed by atoms with Gasteiger partial charge in [0.25, 0.3) is 5.91 Å². The topological polar surface area (TPSA) is 162 Å². The maximum Gasteiger partial charge on any atom is 0.261 e. The van der Waals surface area contributed by atoms with E-state index in [9.17, 15) is 14.7 Å². The zero-order valence-electron chi connectivity index (χ0n) is 17.5. The molecule has 0 bridgehead atoms. The van der Waals surface area contributed by atoms with Crippen molar-refractivity contribution in [2.45, 2.75) is 12.8 Å². The summed E-state index contributed by atoms with van der Waals surface area (Å²) in [5, 5.41) is 23.7. The van der Waals surface area contributed by atoms with Gasteiger partial charge >= 0.3 is 0 Å². The summed E-state index contributed by atoms with van der Waals surface area (Å²) in [4.78, 5) is 28.7. The number of hydrogen-bond donors (Lipinski definition) is 4. The first-order valence-electron chi connectivity index (χ1n) is 10.1. The molecule has 1 saturated carbocycles. The number of nitrogens with one attached hydrogen (secondary N) is 2. The van der Waals surface area contributed by atoms with Crippen LogP contribution >= 0.6 is 0 Å². The van der Waals surface area contributed by atoms with E-state index in [4.69, 9.17) is 10.5 Å². The molecule has 0 unspecified atom stereocenters. The number of ether oxygens (including phenoxy) is 1. The number of anilines is 3. The Morgan fingerprint density at radius 3 is 2.64 bits per heavy atom. The van der Waals surface area contributed by atoms with Gasteiger partial charge in [-0.1, -0.05) is 0 Å². The maximum atomic E-state index is 12.5. The molecule has 0 aliphatic heterocycles. The van der Waals surface area contributed by atoms with Crippen molar-refractivity contribution < 1.29 is 19.4 Å². The molecule has 1 aliphatic rings. The second kappa shape index (κ2) is 7.82. The summed E-state index contributed by atoms with van der Waals surface area (Å²) in [5.74, 6) is 0.433. The van der Waals surface area contributed by atoms with Gasteiger partial charge < -0.3 is 20.9 Å². The van der Waals surface area contributed by atoms with Gasteiger partial charge in [-0.25, -0.2) is 4.52 Å². The quantitative estimate of drug-likeness (QED) is 0.326. The first kappa shape index (κ1) is 20.3. The van der Waals surface area contributed by atoms with Crippen molar-refractivity contribution >= 4 is 34.9 Å². The van der Waals surface area contributed by atoms with Crippen molar-refractivity contribution in [1.82, 2.24) is 24.4 Å². The van der Waals surface area contributed by atoms with Crippen molar-refractivity contribution in [1.29, 1.82) is 0 Å². The molecule has 2 amide bonds. The van der Waals surface area contributed by atoms with Crippen LogP contribution in [0.1, 0.15) is 23.2 Å². The molecule has 12 nitrogen and oxygen atoms in total. The molecule has 5 rings (SSSR count). The van der Waals surface area contributed by atoms with Crippen molar-refractivity contribution in [3.63, 3.8) is 0 Å². The summed E-state index contributed by atoms with van der Waals surface area (Å²) in [6, 6.07) is 7.82. The van der Waals surface area contributed by atoms with E-state index in [0.717, 1.165) is 12.8 Å². The van der Waals surface area contributed by atoms with E-state index in [1.165, 1.54) is 27.5 Å². The van der Waals surface area contributed by atoms with Crippen LogP contribution in [0.25, 0.3) is 5.65 Å². The standard InChI is InChI=1S/C21H20N8O4/c1-28-10-14(18(22)26-28)20(32)23-15-8-12(4-6-16(15)30)33-13-5-7-17-24-21(27-29(17)9-13)25-19(31)11-2-3-11/h4-11,30H,2-3H2,1H3,(H2,22,26)(H,23,32)(H,25,27,31). The van der Waals surface area contributed by atoms with E-state index in [0.29, 0.717) is 17.1 Å². The minimum atomic E-state index is -0.516. The average Bonchev–Trinajstić information content (AvgIpc) is 3.46. The van der Waals surface area contributed by atoms with E-state index < -0.39 is 5.91 Å². The lowest BCUT2D eigenvalue weighted by Gasteiger charge is -2.10. The number of benzene rings is 1. The Labute approximate surface area is 187 Å². The average molecular weight is 448 g/mol. The molecule has 3 heterocycles. The molecule has 1 fully saturated rings. The lowest BCUT2D eigenvalue weighted by molar-refractivity contribution is -0.117. The number of amides is 2. The maximum absolute atomic E-state index is 12.5. The summed E-state index contributed by atoms with van der Waals surface area (Å²) >= 11 is 0. The highest BCUT2D eigenvalue weighted by Gasteiger charge is 2.30. The predicted octanol–water partition coefficient (Wildman–Crippen LogP) is 2.14.